The van der Waals surface area contributed by atoms with E-state index in [1.54, 1.807) is 0 Å². The molecular formula is C58H38N2O. The van der Waals surface area contributed by atoms with Crippen molar-refractivity contribution in [3.63, 3.8) is 0 Å². The smallest absolute Gasteiger partial charge is 0.135 e. The van der Waals surface area contributed by atoms with E-state index in [2.05, 4.69) is 228 Å². The lowest BCUT2D eigenvalue weighted by molar-refractivity contribution is 0.669. The molecule has 2 heterocycles. The monoisotopic (exact) mass is 778 g/mol. The maximum Gasteiger partial charge on any atom is 0.135 e. The first-order valence-electron chi connectivity index (χ1n) is 20.8. The lowest BCUT2D eigenvalue weighted by atomic mass is 10.00. The minimum atomic E-state index is 0.905. The Bertz CT molecular complexity index is 3560. The second kappa shape index (κ2) is 14.3. The first kappa shape index (κ1) is 34.9. The lowest BCUT2D eigenvalue weighted by Gasteiger charge is -2.26. The molecule has 0 saturated carbocycles. The van der Waals surface area contributed by atoms with Gasteiger partial charge in [0.05, 0.1) is 11.0 Å². The van der Waals surface area contributed by atoms with E-state index < -0.39 is 0 Å². The number of rotatable bonds is 7. The highest BCUT2D eigenvalue weighted by atomic mass is 16.3. The third kappa shape index (κ3) is 6.06. The van der Waals surface area contributed by atoms with Crippen LogP contribution in [0.3, 0.4) is 0 Å². The summed E-state index contributed by atoms with van der Waals surface area (Å²) in [5.74, 6) is 0. The Morgan fingerprint density at radius 1 is 0.295 bits per heavy atom. The summed E-state index contributed by atoms with van der Waals surface area (Å²) in [5.41, 5.74) is 15.7. The summed E-state index contributed by atoms with van der Waals surface area (Å²) in [4.78, 5) is 2.35. The predicted octanol–water partition coefficient (Wildman–Crippen LogP) is 16.3. The number of aromatic nitrogens is 1. The molecule has 0 atom stereocenters. The number of furan rings is 1. The van der Waals surface area contributed by atoms with Gasteiger partial charge in [0.25, 0.3) is 0 Å². The molecular weight excluding hydrogens is 741 g/mol. The van der Waals surface area contributed by atoms with Crippen LogP contribution in [0, 0.1) is 0 Å². The van der Waals surface area contributed by atoms with Crippen molar-refractivity contribution in [2.75, 3.05) is 4.90 Å². The van der Waals surface area contributed by atoms with E-state index in [1.165, 1.54) is 54.8 Å². The van der Waals surface area contributed by atoms with Crippen LogP contribution in [0.15, 0.2) is 235 Å². The zero-order valence-corrected chi connectivity index (χ0v) is 33.2. The van der Waals surface area contributed by atoms with Crippen LogP contribution in [0.5, 0.6) is 0 Å². The van der Waals surface area contributed by atoms with E-state index in [0.29, 0.717) is 0 Å². The Kier molecular flexibility index (Phi) is 8.17. The molecule has 0 aliphatic heterocycles. The molecule has 0 spiro atoms. The molecule has 0 bridgehead atoms. The summed E-state index contributed by atoms with van der Waals surface area (Å²) in [6.07, 6.45) is 0. The molecule has 0 unspecified atom stereocenters. The molecule has 12 rings (SSSR count). The number of para-hydroxylation sites is 3. The molecule has 0 aliphatic carbocycles. The third-order valence-electron chi connectivity index (χ3n) is 12.2. The summed E-state index contributed by atoms with van der Waals surface area (Å²) in [5, 5.41) is 7.25. The topological polar surface area (TPSA) is 21.3 Å². The number of fused-ring (bicyclic) bond motifs is 7. The summed E-state index contributed by atoms with van der Waals surface area (Å²) >= 11 is 0. The van der Waals surface area contributed by atoms with Crippen LogP contribution in [0.4, 0.5) is 17.1 Å². The second-order valence-electron chi connectivity index (χ2n) is 15.8. The van der Waals surface area contributed by atoms with Gasteiger partial charge in [0, 0.05) is 44.3 Å². The first-order valence-corrected chi connectivity index (χ1v) is 20.8. The van der Waals surface area contributed by atoms with E-state index in [9.17, 15) is 0 Å². The highest BCUT2D eigenvalue weighted by Crippen LogP contribution is 2.40. The first-order chi connectivity index (χ1) is 30.2. The molecule has 0 saturated heterocycles. The van der Waals surface area contributed by atoms with E-state index in [0.717, 1.165) is 55.8 Å². The van der Waals surface area contributed by atoms with Crippen LogP contribution in [-0.2, 0) is 0 Å². The fourth-order valence-electron chi connectivity index (χ4n) is 9.14. The van der Waals surface area contributed by atoms with Gasteiger partial charge >= 0.3 is 0 Å². The van der Waals surface area contributed by atoms with Crippen molar-refractivity contribution in [3.8, 4) is 39.1 Å². The van der Waals surface area contributed by atoms with Gasteiger partial charge in [-0.1, -0.05) is 140 Å². The maximum atomic E-state index is 6.13. The number of hydrogen-bond donors (Lipinski definition) is 0. The summed E-state index contributed by atoms with van der Waals surface area (Å²) < 4.78 is 8.49. The Hall–Kier alpha value is -8.14. The van der Waals surface area contributed by atoms with Crippen molar-refractivity contribution < 1.29 is 4.42 Å². The van der Waals surface area contributed by atoms with Gasteiger partial charge in [0.15, 0.2) is 0 Å². The highest BCUT2D eigenvalue weighted by Gasteiger charge is 2.17. The van der Waals surface area contributed by atoms with E-state index in [1.807, 2.05) is 12.1 Å². The average molecular weight is 779 g/mol. The Labute approximate surface area is 353 Å². The van der Waals surface area contributed by atoms with Crippen LogP contribution in [-0.4, -0.2) is 4.57 Å². The molecule has 286 valence electrons. The fourth-order valence-corrected chi connectivity index (χ4v) is 9.14. The average Bonchev–Trinajstić information content (AvgIpc) is 3.87. The van der Waals surface area contributed by atoms with Crippen molar-refractivity contribution in [3.05, 3.63) is 231 Å². The molecule has 61 heavy (non-hydrogen) atoms. The van der Waals surface area contributed by atoms with Crippen LogP contribution < -0.4 is 4.90 Å². The van der Waals surface area contributed by atoms with E-state index in [-0.39, 0.29) is 0 Å². The summed E-state index contributed by atoms with van der Waals surface area (Å²) in [6.45, 7) is 0. The molecule has 0 fully saturated rings. The number of benzene rings is 10. The fraction of sp³-hybridized carbons (Fsp3) is 0. The maximum absolute atomic E-state index is 6.13. The molecule has 3 nitrogen and oxygen atoms in total. The Morgan fingerprint density at radius 3 is 1.46 bits per heavy atom. The molecule has 0 N–H and O–H groups in total. The molecule has 12 aromatic rings. The molecule has 0 aliphatic rings. The van der Waals surface area contributed by atoms with Gasteiger partial charge < -0.3 is 13.9 Å². The van der Waals surface area contributed by atoms with Gasteiger partial charge in [-0.2, -0.15) is 0 Å². The van der Waals surface area contributed by atoms with Gasteiger partial charge in [0.2, 0.25) is 0 Å². The third-order valence-corrected chi connectivity index (χ3v) is 12.2. The molecule has 3 heteroatoms. The van der Waals surface area contributed by atoms with E-state index in [4.69, 9.17) is 4.42 Å². The van der Waals surface area contributed by atoms with Gasteiger partial charge in [-0.25, -0.2) is 0 Å². The highest BCUT2D eigenvalue weighted by molar-refractivity contribution is 6.10. The van der Waals surface area contributed by atoms with Crippen molar-refractivity contribution >= 4 is 71.6 Å². The van der Waals surface area contributed by atoms with Crippen LogP contribution >= 0.6 is 0 Å². The molecule has 10 aromatic carbocycles. The zero-order valence-electron chi connectivity index (χ0n) is 33.2. The van der Waals surface area contributed by atoms with Crippen molar-refractivity contribution in [2.45, 2.75) is 0 Å². The van der Waals surface area contributed by atoms with E-state index >= 15 is 0 Å². The SMILES string of the molecule is c1ccc(-n2c3ccccc3c3cc(-c4ccc(N(c5ccc(-c6ccc7ccccc7c6)cc5)c5ccc(-c6ccc7oc8ccccc8c7c6)cc5)cc4)ccc32)cc1. The predicted molar refractivity (Wildman–Crippen MR) is 257 cm³/mol. The molecule has 2 aromatic heterocycles. The standard InChI is InChI=1S/C58H38N2O/c1-2-12-47(13-3-1)60-55-16-8-6-14-51(55)53-37-45(26-34-56(53)60)41-22-30-49(31-23-41)59(48-28-20-40(21-29-48)44-19-18-39-10-4-5-11-43(39)36-44)50-32-24-42(25-33-50)46-27-35-58-54(38-46)52-15-7-9-17-57(52)61-58/h1-38H. The van der Waals surface area contributed by atoms with Gasteiger partial charge in [-0.15, -0.1) is 0 Å². The minimum Gasteiger partial charge on any atom is -0.456 e. The molecule has 0 amide bonds. The zero-order chi connectivity index (χ0) is 40.3. The van der Waals surface area contributed by atoms with Crippen LogP contribution in [0.25, 0.3) is 93.6 Å². The summed E-state index contributed by atoms with van der Waals surface area (Å²) in [7, 11) is 0. The van der Waals surface area contributed by atoms with Crippen molar-refractivity contribution in [1.82, 2.24) is 4.57 Å². The van der Waals surface area contributed by atoms with Crippen molar-refractivity contribution in [1.29, 1.82) is 0 Å². The van der Waals surface area contributed by atoms with Gasteiger partial charge in [-0.3, -0.25) is 0 Å². The normalized spacial score (nSPS) is 11.6. The largest absolute Gasteiger partial charge is 0.456 e. The molecule has 0 radical (unpaired) electrons. The lowest BCUT2D eigenvalue weighted by Crippen LogP contribution is -2.09. The van der Waals surface area contributed by atoms with Crippen LogP contribution in [0.2, 0.25) is 0 Å². The van der Waals surface area contributed by atoms with Gasteiger partial charge in [0.1, 0.15) is 11.2 Å². The minimum absolute atomic E-state index is 0.905. The number of nitrogens with zero attached hydrogens (tertiary/aromatic N) is 2. The van der Waals surface area contributed by atoms with Gasteiger partial charge in [-0.05, 0) is 135 Å². The number of hydrogen-bond acceptors (Lipinski definition) is 2. The quantitative estimate of drug-likeness (QED) is 0.161. The van der Waals surface area contributed by atoms with Crippen LogP contribution in [0.1, 0.15) is 0 Å². The Balaban J connectivity index is 0.923. The Morgan fingerprint density at radius 2 is 0.770 bits per heavy atom. The number of anilines is 3. The second-order valence-corrected chi connectivity index (χ2v) is 15.8. The summed E-state index contributed by atoms with van der Waals surface area (Å²) in [6, 6.07) is 83.0. The van der Waals surface area contributed by atoms with Crippen molar-refractivity contribution in [2.24, 2.45) is 0 Å².